The van der Waals surface area contributed by atoms with Gasteiger partial charge in [0.1, 0.15) is 0 Å². The molecule has 0 saturated carbocycles. The van der Waals surface area contributed by atoms with Gasteiger partial charge in [-0.05, 0) is 49.2 Å². The van der Waals surface area contributed by atoms with Crippen molar-refractivity contribution in [1.82, 2.24) is 10.6 Å². The largest absolute Gasteiger partial charge is 0.416 e. The second-order valence-corrected chi connectivity index (χ2v) is 6.09. The van der Waals surface area contributed by atoms with Crippen LogP contribution in [0.3, 0.4) is 0 Å². The van der Waals surface area contributed by atoms with Crippen molar-refractivity contribution in [2.75, 3.05) is 11.9 Å². The minimum absolute atomic E-state index is 0.305. The predicted octanol–water partition coefficient (Wildman–Crippen LogP) is 4.01. The number of carbonyl (C=O) groups excluding carboxylic acids is 2. The molecule has 0 saturated heterocycles. The number of rotatable bonds is 5. The van der Waals surface area contributed by atoms with Gasteiger partial charge in [-0.3, -0.25) is 4.79 Å². The molecule has 0 spiro atoms. The van der Waals surface area contributed by atoms with Crippen LogP contribution in [0.1, 0.15) is 29.7 Å². The summed E-state index contributed by atoms with van der Waals surface area (Å²) in [5.41, 5.74) is 1.10. The van der Waals surface area contributed by atoms with E-state index < -0.39 is 29.7 Å². The topological polar surface area (TPSA) is 70.2 Å². The van der Waals surface area contributed by atoms with Gasteiger partial charge in [-0.25, -0.2) is 4.79 Å². The fourth-order valence-corrected chi connectivity index (χ4v) is 2.42. The molecule has 27 heavy (non-hydrogen) atoms. The van der Waals surface area contributed by atoms with Crippen LogP contribution >= 0.6 is 0 Å². The van der Waals surface area contributed by atoms with E-state index in [1.54, 1.807) is 25.1 Å². The van der Waals surface area contributed by atoms with E-state index in [4.69, 9.17) is 0 Å². The third kappa shape index (κ3) is 6.32. The fraction of sp³-hybridized carbons (Fsp3) is 0.263. The first-order valence-electron chi connectivity index (χ1n) is 8.23. The molecule has 0 fully saturated rings. The summed E-state index contributed by atoms with van der Waals surface area (Å²) in [6, 6.07) is 10.7. The molecule has 0 aromatic heterocycles. The number of urea groups is 1. The standard InChI is InChI=1S/C19H20F3N3O2/c1-12-5-3-8-16(9-12)25-18(27)23-11-17(26)24-13(2)14-6-4-7-15(10-14)19(20,21)22/h3-10,13H,11H2,1-2H3,(H,24,26)(H2,23,25,27). The monoisotopic (exact) mass is 379 g/mol. The smallest absolute Gasteiger partial charge is 0.348 e. The molecule has 2 aromatic carbocycles. The molecule has 2 rings (SSSR count). The van der Waals surface area contributed by atoms with Crippen LogP contribution in [-0.2, 0) is 11.0 Å². The second-order valence-electron chi connectivity index (χ2n) is 6.09. The van der Waals surface area contributed by atoms with E-state index in [-0.39, 0.29) is 6.54 Å². The van der Waals surface area contributed by atoms with Gasteiger partial charge in [0.15, 0.2) is 0 Å². The molecule has 1 atom stereocenters. The van der Waals surface area contributed by atoms with E-state index in [9.17, 15) is 22.8 Å². The van der Waals surface area contributed by atoms with Crippen LogP contribution < -0.4 is 16.0 Å². The number of hydrogen-bond acceptors (Lipinski definition) is 2. The average molecular weight is 379 g/mol. The molecule has 3 amide bonds. The molecule has 8 heteroatoms. The molecule has 0 aliphatic heterocycles. The number of alkyl halides is 3. The van der Waals surface area contributed by atoms with Crippen LogP contribution in [0, 0.1) is 6.92 Å². The Bertz CT molecular complexity index is 822. The number of carbonyl (C=O) groups is 2. The van der Waals surface area contributed by atoms with Gasteiger partial charge >= 0.3 is 12.2 Å². The molecular weight excluding hydrogens is 359 g/mol. The Balaban J connectivity index is 1.85. The van der Waals surface area contributed by atoms with Gasteiger partial charge in [-0.15, -0.1) is 0 Å². The lowest BCUT2D eigenvalue weighted by Crippen LogP contribution is -2.39. The van der Waals surface area contributed by atoms with Crippen molar-refractivity contribution in [2.45, 2.75) is 26.1 Å². The quantitative estimate of drug-likeness (QED) is 0.735. The Hall–Kier alpha value is -3.03. The van der Waals surface area contributed by atoms with Crippen LogP contribution in [0.2, 0.25) is 0 Å². The molecule has 0 heterocycles. The van der Waals surface area contributed by atoms with E-state index in [2.05, 4.69) is 16.0 Å². The van der Waals surface area contributed by atoms with Gasteiger partial charge in [-0.2, -0.15) is 13.2 Å². The van der Waals surface area contributed by atoms with Gasteiger partial charge in [0.05, 0.1) is 18.2 Å². The summed E-state index contributed by atoms with van der Waals surface area (Å²) in [7, 11) is 0. The molecule has 144 valence electrons. The number of aryl methyl sites for hydroxylation is 1. The number of halogens is 3. The lowest BCUT2D eigenvalue weighted by molar-refractivity contribution is -0.137. The van der Waals surface area contributed by atoms with Crippen molar-refractivity contribution in [1.29, 1.82) is 0 Å². The highest BCUT2D eigenvalue weighted by molar-refractivity contribution is 5.92. The first-order chi connectivity index (χ1) is 12.6. The van der Waals surface area contributed by atoms with Crippen molar-refractivity contribution in [3.8, 4) is 0 Å². The zero-order valence-electron chi connectivity index (χ0n) is 14.9. The predicted molar refractivity (Wildman–Crippen MR) is 96.2 cm³/mol. The second kappa shape index (κ2) is 8.57. The molecule has 3 N–H and O–H groups in total. The number of benzene rings is 2. The highest BCUT2D eigenvalue weighted by Gasteiger charge is 2.30. The third-order valence-electron chi connectivity index (χ3n) is 3.78. The first kappa shape index (κ1) is 20.3. The van der Waals surface area contributed by atoms with Crippen LogP contribution in [-0.4, -0.2) is 18.5 Å². The van der Waals surface area contributed by atoms with E-state index in [1.165, 1.54) is 12.1 Å². The summed E-state index contributed by atoms with van der Waals surface area (Å²) in [4.78, 5) is 23.8. The van der Waals surface area contributed by atoms with Gasteiger partial charge in [0, 0.05) is 5.69 Å². The number of amides is 3. The minimum Gasteiger partial charge on any atom is -0.348 e. The Labute approximate surface area is 155 Å². The normalized spacial score (nSPS) is 12.2. The van der Waals surface area contributed by atoms with E-state index in [0.717, 1.165) is 17.7 Å². The van der Waals surface area contributed by atoms with E-state index >= 15 is 0 Å². The number of nitrogens with one attached hydrogen (secondary N) is 3. The van der Waals surface area contributed by atoms with Gasteiger partial charge in [0.2, 0.25) is 5.91 Å². The average Bonchev–Trinajstić information content (AvgIpc) is 2.59. The maximum absolute atomic E-state index is 12.8. The lowest BCUT2D eigenvalue weighted by Gasteiger charge is -2.16. The van der Waals surface area contributed by atoms with Crippen LogP contribution in [0.5, 0.6) is 0 Å². The minimum atomic E-state index is -4.45. The van der Waals surface area contributed by atoms with E-state index in [1.807, 2.05) is 13.0 Å². The molecule has 0 bridgehead atoms. The molecule has 5 nitrogen and oxygen atoms in total. The maximum Gasteiger partial charge on any atom is 0.416 e. The summed E-state index contributed by atoms with van der Waals surface area (Å²) in [6.45, 7) is 3.15. The Kier molecular flexibility index (Phi) is 6.44. The molecule has 0 radical (unpaired) electrons. The molecular formula is C19H20F3N3O2. The fourth-order valence-electron chi connectivity index (χ4n) is 2.42. The SMILES string of the molecule is Cc1cccc(NC(=O)NCC(=O)NC(C)c2cccc(C(F)(F)F)c2)c1. The zero-order valence-corrected chi connectivity index (χ0v) is 14.9. The summed E-state index contributed by atoms with van der Waals surface area (Å²) in [5, 5.41) is 7.55. The first-order valence-corrected chi connectivity index (χ1v) is 8.23. The van der Waals surface area contributed by atoms with E-state index in [0.29, 0.717) is 11.3 Å². The van der Waals surface area contributed by atoms with Crippen LogP contribution in [0.4, 0.5) is 23.7 Å². The highest BCUT2D eigenvalue weighted by atomic mass is 19.4. The Morgan fingerprint density at radius 1 is 1.07 bits per heavy atom. The van der Waals surface area contributed by atoms with Crippen molar-refractivity contribution in [3.63, 3.8) is 0 Å². The van der Waals surface area contributed by atoms with Crippen molar-refractivity contribution in [2.24, 2.45) is 0 Å². The summed E-state index contributed by atoms with van der Waals surface area (Å²) in [5.74, 6) is -0.515. The maximum atomic E-state index is 12.8. The Morgan fingerprint density at radius 2 is 1.78 bits per heavy atom. The van der Waals surface area contributed by atoms with Crippen LogP contribution in [0.25, 0.3) is 0 Å². The number of anilines is 1. The van der Waals surface area contributed by atoms with Crippen molar-refractivity contribution in [3.05, 3.63) is 65.2 Å². The molecule has 0 aliphatic carbocycles. The Morgan fingerprint density at radius 3 is 2.44 bits per heavy atom. The summed E-state index contributed by atoms with van der Waals surface area (Å²) in [6.07, 6.45) is -4.45. The summed E-state index contributed by atoms with van der Waals surface area (Å²) < 4.78 is 38.3. The highest BCUT2D eigenvalue weighted by Crippen LogP contribution is 2.30. The molecule has 2 aromatic rings. The van der Waals surface area contributed by atoms with Crippen LogP contribution in [0.15, 0.2) is 48.5 Å². The molecule has 0 aliphatic rings. The van der Waals surface area contributed by atoms with Gasteiger partial charge < -0.3 is 16.0 Å². The van der Waals surface area contributed by atoms with Crippen molar-refractivity contribution >= 4 is 17.6 Å². The lowest BCUT2D eigenvalue weighted by atomic mass is 10.0. The zero-order chi connectivity index (χ0) is 20.0. The summed E-state index contributed by atoms with van der Waals surface area (Å²) >= 11 is 0. The van der Waals surface area contributed by atoms with Crippen molar-refractivity contribution < 1.29 is 22.8 Å². The third-order valence-corrected chi connectivity index (χ3v) is 3.78. The van der Waals surface area contributed by atoms with Gasteiger partial charge in [0.25, 0.3) is 0 Å². The van der Waals surface area contributed by atoms with Gasteiger partial charge in [-0.1, -0.05) is 24.3 Å². The molecule has 1 unspecified atom stereocenters. The number of hydrogen-bond donors (Lipinski definition) is 3.